The van der Waals surface area contributed by atoms with Crippen molar-refractivity contribution in [2.75, 3.05) is 66.0 Å². The van der Waals surface area contributed by atoms with E-state index in [-0.39, 0.29) is 0 Å². The molecule has 2 saturated heterocycles. The molecule has 3 aromatic rings. The van der Waals surface area contributed by atoms with Crippen molar-refractivity contribution in [3.63, 3.8) is 0 Å². The monoisotopic (exact) mass is 559 g/mol. The summed E-state index contributed by atoms with van der Waals surface area (Å²) in [6.07, 6.45) is 3.61. The van der Waals surface area contributed by atoms with Gasteiger partial charge in [-0.2, -0.15) is 9.97 Å². The number of fused-ring (bicyclic) bond motifs is 1. The van der Waals surface area contributed by atoms with Gasteiger partial charge in [0, 0.05) is 57.1 Å². The highest BCUT2D eigenvalue weighted by Gasteiger charge is 2.24. The first-order valence-corrected chi connectivity index (χ1v) is 14.7. The average Bonchev–Trinajstić information content (AvgIpc) is 3.00. The maximum absolute atomic E-state index is 5.71. The number of hydrogen-bond acceptors (Lipinski definition) is 8. The molecule has 0 bridgehead atoms. The van der Waals surface area contributed by atoms with Gasteiger partial charge in [0.15, 0.2) is 16.6 Å². The topological polar surface area (TPSA) is 78.0 Å². The highest BCUT2D eigenvalue weighted by Crippen LogP contribution is 2.31. The molecule has 0 amide bonds. The number of benzene rings is 2. The Labute approximate surface area is 241 Å². The molecule has 6 rings (SSSR count). The number of aromatic nitrogens is 2. The average molecular weight is 560 g/mol. The quantitative estimate of drug-likeness (QED) is 0.423. The van der Waals surface area contributed by atoms with Gasteiger partial charge in [0.1, 0.15) is 24.8 Å². The zero-order valence-corrected chi connectivity index (χ0v) is 23.8. The molecule has 0 spiro atoms. The lowest BCUT2D eigenvalue weighted by molar-refractivity contribution is 0.171. The van der Waals surface area contributed by atoms with Gasteiger partial charge in [-0.15, -0.1) is 0 Å². The van der Waals surface area contributed by atoms with E-state index in [0.717, 1.165) is 61.4 Å². The van der Waals surface area contributed by atoms with Gasteiger partial charge in [-0.3, -0.25) is 0 Å². The summed E-state index contributed by atoms with van der Waals surface area (Å²) in [5.41, 5.74) is 2.33. The Morgan fingerprint density at radius 3 is 2.42 bits per heavy atom. The summed E-state index contributed by atoms with van der Waals surface area (Å²) < 4.78 is 11.3. The number of nitrogens with zero attached hydrogens (tertiary/aromatic N) is 5. The number of hydrogen-bond donors (Lipinski definition) is 2. The van der Waals surface area contributed by atoms with E-state index in [1.165, 1.54) is 24.9 Å². The first-order valence-electron chi connectivity index (χ1n) is 14.3. The van der Waals surface area contributed by atoms with Crippen LogP contribution in [0.5, 0.6) is 11.5 Å². The number of nitrogens with one attached hydrogen (secondary N) is 2. The minimum Gasteiger partial charge on any atom is -0.486 e. The fourth-order valence-electron chi connectivity index (χ4n) is 5.58. The fourth-order valence-corrected chi connectivity index (χ4v) is 5.75. The Bertz CT molecular complexity index is 1320. The van der Waals surface area contributed by atoms with Crippen LogP contribution in [0.15, 0.2) is 54.6 Å². The smallest absolute Gasteiger partial charge is 0.232 e. The maximum atomic E-state index is 5.71. The predicted octanol–water partition coefficient (Wildman–Crippen LogP) is 4.44. The SMILES string of the molecule is CC1CCCCN1c1cc(N2CCN(c3ccccc3)CC2)nc(NC(=S)NCc2ccc3c(c2)OCCO3)n1. The molecule has 10 heteroatoms. The van der Waals surface area contributed by atoms with Crippen molar-refractivity contribution >= 4 is 40.6 Å². The normalized spacial score (nSPS) is 18.8. The van der Waals surface area contributed by atoms with Gasteiger partial charge in [0.25, 0.3) is 0 Å². The highest BCUT2D eigenvalue weighted by atomic mass is 32.1. The molecular weight excluding hydrogens is 522 g/mol. The van der Waals surface area contributed by atoms with Crippen LogP contribution in [0.2, 0.25) is 0 Å². The van der Waals surface area contributed by atoms with E-state index in [1.54, 1.807) is 0 Å². The Kier molecular flexibility index (Phi) is 8.04. The molecule has 2 fully saturated rings. The van der Waals surface area contributed by atoms with Crippen LogP contribution in [0.1, 0.15) is 31.7 Å². The van der Waals surface area contributed by atoms with Crippen LogP contribution in [0, 0.1) is 0 Å². The second kappa shape index (κ2) is 12.2. The van der Waals surface area contributed by atoms with Crippen LogP contribution < -0.4 is 34.8 Å². The molecule has 0 radical (unpaired) electrons. The summed E-state index contributed by atoms with van der Waals surface area (Å²) >= 11 is 5.66. The van der Waals surface area contributed by atoms with E-state index in [9.17, 15) is 0 Å². The predicted molar refractivity (Wildman–Crippen MR) is 164 cm³/mol. The molecule has 4 heterocycles. The number of rotatable bonds is 6. The zero-order valence-electron chi connectivity index (χ0n) is 23.0. The second-order valence-corrected chi connectivity index (χ2v) is 10.9. The van der Waals surface area contributed by atoms with Gasteiger partial charge in [-0.25, -0.2) is 0 Å². The lowest BCUT2D eigenvalue weighted by Crippen LogP contribution is -2.47. The van der Waals surface area contributed by atoms with E-state index in [4.69, 9.17) is 31.7 Å². The molecule has 0 saturated carbocycles. The van der Waals surface area contributed by atoms with Crippen LogP contribution in [0.25, 0.3) is 0 Å². The lowest BCUT2D eigenvalue weighted by Gasteiger charge is -2.38. The third kappa shape index (κ3) is 6.17. The Morgan fingerprint density at radius 1 is 0.875 bits per heavy atom. The maximum Gasteiger partial charge on any atom is 0.232 e. The zero-order chi connectivity index (χ0) is 27.3. The van der Waals surface area contributed by atoms with Gasteiger partial charge in [-0.05, 0) is 68.2 Å². The van der Waals surface area contributed by atoms with E-state index in [0.29, 0.717) is 36.9 Å². The van der Waals surface area contributed by atoms with Gasteiger partial charge < -0.3 is 34.8 Å². The molecule has 210 valence electrons. The number of ether oxygens (including phenoxy) is 2. The van der Waals surface area contributed by atoms with Crippen molar-refractivity contribution in [1.82, 2.24) is 15.3 Å². The number of thiocarbonyl (C=S) groups is 1. The van der Waals surface area contributed by atoms with Crippen LogP contribution in [0.3, 0.4) is 0 Å². The summed E-state index contributed by atoms with van der Waals surface area (Å²) in [6, 6.07) is 19.2. The van der Waals surface area contributed by atoms with Crippen molar-refractivity contribution in [3.8, 4) is 11.5 Å². The summed E-state index contributed by atoms with van der Waals surface area (Å²) in [7, 11) is 0. The van der Waals surface area contributed by atoms with Crippen molar-refractivity contribution < 1.29 is 9.47 Å². The Morgan fingerprint density at radius 2 is 1.62 bits per heavy atom. The molecule has 40 heavy (non-hydrogen) atoms. The molecule has 1 atom stereocenters. The van der Waals surface area contributed by atoms with Gasteiger partial charge in [-0.1, -0.05) is 24.3 Å². The van der Waals surface area contributed by atoms with Gasteiger partial charge >= 0.3 is 0 Å². The molecule has 2 N–H and O–H groups in total. The molecule has 0 aliphatic carbocycles. The molecule has 2 aromatic carbocycles. The van der Waals surface area contributed by atoms with E-state index >= 15 is 0 Å². The summed E-state index contributed by atoms with van der Waals surface area (Å²) in [5, 5.41) is 7.04. The third-order valence-corrected chi connectivity index (χ3v) is 8.05. The minimum atomic E-state index is 0.444. The lowest BCUT2D eigenvalue weighted by atomic mass is 10.0. The first kappa shape index (κ1) is 26.4. The molecule has 3 aliphatic heterocycles. The van der Waals surface area contributed by atoms with Crippen LogP contribution >= 0.6 is 12.2 Å². The molecular formula is C30H37N7O2S. The van der Waals surface area contributed by atoms with E-state index in [2.05, 4.69) is 68.7 Å². The fraction of sp³-hybridized carbons (Fsp3) is 0.433. The summed E-state index contributed by atoms with van der Waals surface area (Å²) in [4.78, 5) is 17.0. The van der Waals surface area contributed by atoms with Crippen LogP contribution in [0.4, 0.5) is 23.3 Å². The molecule has 3 aliphatic rings. The largest absolute Gasteiger partial charge is 0.486 e. The third-order valence-electron chi connectivity index (χ3n) is 7.81. The molecule has 1 aromatic heterocycles. The Hall–Kier alpha value is -3.79. The standard InChI is InChI=1S/C30H37N7O2S/c1-22-7-5-6-12-37(22)28-20-27(36-15-13-35(14-16-36)24-8-3-2-4-9-24)32-29(33-28)34-30(40)31-21-23-10-11-25-26(19-23)39-18-17-38-25/h2-4,8-11,19-20,22H,5-7,12-18,21H2,1H3,(H2,31,32,33,34,40). The molecule has 9 nitrogen and oxygen atoms in total. The number of anilines is 4. The van der Waals surface area contributed by atoms with Crippen molar-refractivity contribution in [2.45, 2.75) is 38.8 Å². The summed E-state index contributed by atoms with van der Waals surface area (Å²) in [5.74, 6) is 3.97. The van der Waals surface area contributed by atoms with Crippen LogP contribution in [-0.2, 0) is 6.54 Å². The van der Waals surface area contributed by atoms with Gasteiger partial charge in [0.2, 0.25) is 5.95 Å². The highest BCUT2D eigenvalue weighted by molar-refractivity contribution is 7.80. The van der Waals surface area contributed by atoms with Crippen LogP contribution in [-0.4, -0.2) is 67.1 Å². The van der Waals surface area contributed by atoms with Crippen molar-refractivity contribution in [3.05, 3.63) is 60.2 Å². The summed E-state index contributed by atoms with van der Waals surface area (Å²) in [6.45, 7) is 8.68. The Balaban J connectivity index is 1.16. The van der Waals surface area contributed by atoms with E-state index in [1.807, 2.05) is 18.2 Å². The van der Waals surface area contributed by atoms with Crippen molar-refractivity contribution in [1.29, 1.82) is 0 Å². The number of para-hydroxylation sites is 1. The minimum absolute atomic E-state index is 0.444. The van der Waals surface area contributed by atoms with Crippen molar-refractivity contribution in [2.24, 2.45) is 0 Å². The van der Waals surface area contributed by atoms with E-state index < -0.39 is 0 Å². The second-order valence-electron chi connectivity index (χ2n) is 10.5. The number of piperazine rings is 1. The first-order chi connectivity index (χ1) is 19.6. The van der Waals surface area contributed by atoms with Gasteiger partial charge in [0.05, 0.1) is 0 Å². The molecule has 1 unspecified atom stereocenters. The number of piperidine rings is 1.